The van der Waals surface area contributed by atoms with Crippen LogP contribution in [0, 0.1) is 0 Å². The lowest BCUT2D eigenvalue weighted by molar-refractivity contribution is 0.0513. The van der Waals surface area contributed by atoms with Crippen LogP contribution in [-0.4, -0.2) is 34.3 Å². The Morgan fingerprint density at radius 1 is 0.463 bits per heavy atom. The Morgan fingerprint density at radius 2 is 0.870 bits per heavy atom. The van der Waals surface area contributed by atoms with Gasteiger partial charge >= 0.3 is 11.9 Å². The number of fused-ring (bicyclic) bond motifs is 6. The molecule has 6 nitrogen and oxygen atoms in total. The second-order valence-corrected chi connectivity index (χ2v) is 14.3. The van der Waals surface area contributed by atoms with E-state index in [1.807, 2.05) is 26.0 Å². The summed E-state index contributed by atoms with van der Waals surface area (Å²) in [6, 6.07) is 33.6. The van der Waals surface area contributed by atoms with Crippen LogP contribution in [0.2, 0.25) is 0 Å². The van der Waals surface area contributed by atoms with Gasteiger partial charge in [-0.3, -0.25) is 0 Å². The second-order valence-electron chi connectivity index (χ2n) is 14.3. The highest BCUT2D eigenvalue weighted by molar-refractivity contribution is 6.12. The van der Waals surface area contributed by atoms with Gasteiger partial charge in [-0.15, -0.1) is 0 Å². The van der Waals surface area contributed by atoms with Crippen LogP contribution in [0.5, 0.6) is 0 Å². The number of unbranched alkanes of at least 4 members (excludes halogenated alkanes) is 6. The zero-order valence-corrected chi connectivity index (χ0v) is 32.3. The molecule has 0 bridgehead atoms. The van der Waals surface area contributed by atoms with E-state index in [1.165, 1.54) is 71.1 Å². The van der Waals surface area contributed by atoms with Crippen molar-refractivity contribution in [2.45, 2.75) is 92.2 Å². The molecule has 0 fully saturated rings. The summed E-state index contributed by atoms with van der Waals surface area (Å²) in [4.78, 5) is 27.8. The largest absolute Gasteiger partial charge is 0.462 e. The van der Waals surface area contributed by atoms with Gasteiger partial charge in [0.2, 0.25) is 0 Å². The molecule has 0 N–H and O–H groups in total. The summed E-state index contributed by atoms with van der Waals surface area (Å²) in [7, 11) is 0. The molecule has 278 valence electrons. The second kappa shape index (κ2) is 16.8. The average molecular weight is 721 g/mol. The molecule has 5 aromatic carbocycles. The summed E-state index contributed by atoms with van der Waals surface area (Å²) in [5.74, 6) is -0.842. The summed E-state index contributed by atoms with van der Waals surface area (Å²) in [5.41, 5.74) is 8.46. The van der Waals surface area contributed by atoms with Crippen LogP contribution in [0.3, 0.4) is 0 Å². The molecule has 0 saturated carbocycles. The van der Waals surface area contributed by atoms with Crippen molar-refractivity contribution in [3.8, 4) is 22.3 Å². The lowest BCUT2D eigenvalue weighted by Gasteiger charge is -2.17. The number of hydrogen-bond donors (Lipinski definition) is 0. The fourth-order valence-electron chi connectivity index (χ4n) is 8.14. The number of ether oxygens (including phenoxy) is 2. The SMILES string of the molecule is CCCCCCn1c2ccccc2c2ccc(-c3cc(C(=O)OCC)c(-c4ccc5c6ccccc6n(CCCCCC)c5c4)cc3C(=O)OCC)cc21. The van der Waals surface area contributed by atoms with Crippen LogP contribution in [0.4, 0.5) is 0 Å². The van der Waals surface area contributed by atoms with E-state index < -0.39 is 11.9 Å². The first-order valence-corrected chi connectivity index (χ1v) is 20.0. The number of rotatable bonds is 16. The Hall–Kier alpha value is -5.36. The third-order valence-corrected chi connectivity index (χ3v) is 10.8. The van der Waals surface area contributed by atoms with Crippen LogP contribution in [0.15, 0.2) is 97.1 Å². The van der Waals surface area contributed by atoms with E-state index in [1.54, 1.807) is 0 Å². The molecule has 7 rings (SSSR count). The minimum atomic E-state index is -0.421. The monoisotopic (exact) mass is 720 g/mol. The average Bonchev–Trinajstić information content (AvgIpc) is 3.69. The first-order chi connectivity index (χ1) is 26.5. The summed E-state index contributed by atoms with van der Waals surface area (Å²) in [6.07, 6.45) is 9.31. The Bertz CT molecular complexity index is 2280. The highest BCUT2D eigenvalue weighted by Gasteiger charge is 2.24. The van der Waals surface area contributed by atoms with Crippen molar-refractivity contribution in [3.05, 3.63) is 108 Å². The van der Waals surface area contributed by atoms with Crippen LogP contribution >= 0.6 is 0 Å². The number of aromatic nitrogens is 2. The molecule has 0 atom stereocenters. The quantitative estimate of drug-likeness (QED) is 0.0736. The molecule has 0 spiro atoms. The van der Waals surface area contributed by atoms with Crippen molar-refractivity contribution < 1.29 is 19.1 Å². The smallest absolute Gasteiger partial charge is 0.338 e. The molecule has 0 saturated heterocycles. The van der Waals surface area contributed by atoms with E-state index >= 15 is 0 Å². The maximum absolute atomic E-state index is 13.9. The Kier molecular flexibility index (Phi) is 11.5. The van der Waals surface area contributed by atoms with Gasteiger partial charge in [-0.1, -0.05) is 113 Å². The molecule has 0 aliphatic heterocycles. The van der Waals surface area contributed by atoms with E-state index in [2.05, 4.69) is 108 Å². The minimum absolute atomic E-state index is 0.238. The van der Waals surface area contributed by atoms with Crippen molar-refractivity contribution in [1.82, 2.24) is 9.13 Å². The summed E-state index contributed by atoms with van der Waals surface area (Å²) in [6.45, 7) is 10.4. The first-order valence-electron chi connectivity index (χ1n) is 20.0. The number of carbonyl (C=O) groups excluding carboxylic acids is 2. The van der Waals surface area contributed by atoms with Crippen molar-refractivity contribution in [1.29, 1.82) is 0 Å². The molecule has 0 radical (unpaired) electrons. The Balaban J connectivity index is 1.42. The molecule has 2 aromatic heterocycles. The van der Waals surface area contributed by atoms with Gasteiger partial charge in [-0.25, -0.2) is 9.59 Å². The molecule has 54 heavy (non-hydrogen) atoms. The van der Waals surface area contributed by atoms with Gasteiger partial charge < -0.3 is 18.6 Å². The van der Waals surface area contributed by atoms with Crippen molar-refractivity contribution >= 4 is 55.6 Å². The van der Waals surface area contributed by atoms with Crippen molar-refractivity contribution in [2.24, 2.45) is 0 Å². The van der Waals surface area contributed by atoms with Gasteiger partial charge in [0.05, 0.1) is 24.3 Å². The summed E-state index contributed by atoms with van der Waals surface area (Å²) >= 11 is 0. The highest BCUT2D eigenvalue weighted by atomic mass is 16.5. The molecule has 0 aliphatic carbocycles. The third-order valence-electron chi connectivity index (χ3n) is 10.8. The maximum Gasteiger partial charge on any atom is 0.338 e. The van der Waals surface area contributed by atoms with Crippen LogP contribution in [0.25, 0.3) is 65.9 Å². The molecular weight excluding hydrogens is 669 g/mol. The third kappa shape index (κ3) is 7.14. The van der Waals surface area contributed by atoms with Gasteiger partial charge in [-0.05, 0) is 85.3 Å². The molecule has 0 unspecified atom stereocenters. The standard InChI is InChI=1S/C48H52N2O4/c1-5-9-11-17-27-49-43-21-15-13-19-35(43)37-25-23-33(29-45(37)49)39-31-42(48(52)54-8-4)40(32-41(39)47(51)53-7-3)34-24-26-38-36-20-14-16-22-44(36)50(46(38)30-34)28-18-12-10-6-2/h13-16,19-26,29-32H,5-12,17-18,27-28H2,1-4H3. The lowest BCUT2D eigenvalue weighted by Crippen LogP contribution is -2.12. The number of hydrogen-bond acceptors (Lipinski definition) is 4. The van der Waals surface area contributed by atoms with E-state index in [-0.39, 0.29) is 13.2 Å². The van der Waals surface area contributed by atoms with Crippen LogP contribution in [0.1, 0.15) is 99.8 Å². The van der Waals surface area contributed by atoms with Gasteiger partial charge in [0.15, 0.2) is 0 Å². The zero-order valence-electron chi connectivity index (χ0n) is 32.3. The van der Waals surface area contributed by atoms with Crippen molar-refractivity contribution in [3.63, 3.8) is 0 Å². The van der Waals surface area contributed by atoms with Gasteiger partial charge in [-0.2, -0.15) is 0 Å². The maximum atomic E-state index is 13.9. The highest BCUT2D eigenvalue weighted by Crippen LogP contribution is 2.39. The number of benzene rings is 5. The number of esters is 2. The van der Waals surface area contributed by atoms with Crippen LogP contribution < -0.4 is 0 Å². The zero-order chi connectivity index (χ0) is 37.6. The Morgan fingerprint density at radius 3 is 1.28 bits per heavy atom. The molecule has 7 aromatic rings. The normalized spacial score (nSPS) is 11.6. The minimum Gasteiger partial charge on any atom is -0.462 e. The van der Waals surface area contributed by atoms with Crippen LogP contribution in [-0.2, 0) is 22.6 Å². The van der Waals surface area contributed by atoms with E-state index in [0.717, 1.165) is 48.1 Å². The summed E-state index contributed by atoms with van der Waals surface area (Å²) in [5, 5.41) is 4.76. The lowest BCUT2D eigenvalue weighted by atomic mass is 9.90. The van der Waals surface area contributed by atoms with Gasteiger partial charge in [0.1, 0.15) is 0 Å². The number of aryl methyl sites for hydroxylation is 2. The molecule has 0 aliphatic rings. The summed E-state index contributed by atoms with van der Waals surface area (Å²) < 4.78 is 16.2. The fraction of sp³-hybridized carbons (Fsp3) is 0.333. The predicted molar refractivity (Wildman–Crippen MR) is 224 cm³/mol. The molecule has 6 heteroatoms. The predicted octanol–water partition coefficient (Wildman–Crippen LogP) is 12.8. The van der Waals surface area contributed by atoms with Gasteiger partial charge in [0.25, 0.3) is 0 Å². The fourth-order valence-corrected chi connectivity index (χ4v) is 8.14. The van der Waals surface area contributed by atoms with Gasteiger partial charge in [0, 0.05) is 56.7 Å². The first kappa shape index (κ1) is 37.0. The Labute approximate surface area is 318 Å². The number of para-hydroxylation sites is 2. The van der Waals surface area contributed by atoms with Crippen molar-refractivity contribution in [2.75, 3.05) is 13.2 Å². The number of nitrogens with zero attached hydrogens (tertiary/aromatic N) is 2. The molecular formula is C48H52N2O4. The number of carbonyl (C=O) groups is 2. The molecule has 2 heterocycles. The van der Waals surface area contributed by atoms with E-state index in [9.17, 15) is 9.59 Å². The van der Waals surface area contributed by atoms with E-state index in [0.29, 0.717) is 22.3 Å². The van der Waals surface area contributed by atoms with E-state index in [4.69, 9.17) is 9.47 Å². The topological polar surface area (TPSA) is 62.5 Å². The molecule has 0 amide bonds.